The molecule has 1 heterocycles. The number of esters is 1. The molecule has 0 aliphatic carbocycles. The number of urea groups is 1. The first-order valence-corrected chi connectivity index (χ1v) is 8.07. The lowest BCUT2D eigenvalue weighted by Crippen LogP contribution is -2.44. The molecule has 3 amide bonds. The first-order valence-electron chi connectivity index (χ1n) is 8.07. The number of methoxy groups -OCH3 is 2. The molecular weight excluding hydrogens is 326 g/mol. The smallest absolute Gasteiger partial charge is 0.325 e. The number of benzene rings is 1. The van der Waals surface area contributed by atoms with Gasteiger partial charge in [0, 0.05) is 31.5 Å². The van der Waals surface area contributed by atoms with Crippen LogP contribution < -0.4 is 10.6 Å². The maximum absolute atomic E-state index is 12.3. The minimum atomic E-state index is -0.520. The van der Waals surface area contributed by atoms with Crippen molar-refractivity contribution in [3.63, 3.8) is 0 Å². The van der Waals surface area contributed by atoms with Crippen molar-refractivity contribution < 1.29 is 23.9 Å². The molecule has 0 bridgehead atoms. The van der Waals surface area contributed by atoms with Gasteiger partial charge in [-0.05, 0) is 37.1 Å². The fraction of sp³-hybridized carbons (Fsp3) is 0.471. The Morgan fingerprint density at radius 1 is 1.20 bits per heavy atom. The quantitative estimate of drug-likeness (QED) is 0.780. The standard InChI is InChI=1S/C17H23N3O5/c1-24-14-4-3-9-20(11-14)17(23)19-13-7-5-12(6-8-13)16(22)18-10-15(21)25-2/h5-8,14H,3-4,9-11H2,1-2H3,(H,18,22)(H,19,23). The number of amides is 3. The molecule has 1 aliphatic heterocycles. The van der Waals surface area contributed by atoms with Crippen molar-refractivity contribution in [2.75, 3.05) is 39.2 Å². The van der Waals surface area contributed by atoms with Crippen LogP contribution in [-0.4, -0.2) is 62.8 Å². The summed E-state index contributed by atoms with van der Waals surface area (Å²) in [7, 11) is 2.90. The molecule has 0 aromatic heterocycles. The molecule has 1 unspecified atom stereocenters. The van der Waals surface area contributed by atoms with E-state index in [4.69, 9.17) is 4.74 Å². The molecule has 1 aromatic rings. The Bertz CT molecular complexity index is 617. The number of nitrogens with zero attached hydrogens (tertiary/aromatic N) is 1. The number of ether oxygens (including phenoxy) is 2. The van der Waals surface area contributed by atoms with Gasteiger partial charge in [0.2, 0.25) is 0 Å². The van der Waals surface area contributed by atoms with Crippen LogP contribution in [0.3, 0.4) is 0 Å². The Balaban J connectivity index is 1.88. The predicted molar refractivity (Wildman–Crippen MR) is 91.4 cm³/mol. The molecule has 0 radical (unpaired) electrons. The Labute approximate surface area is 146 Å². The second-order valence-corrected chi connectivity index (χ2v) is 5.71. The van der Waals surface area contributed by atoms with E-state index in [1.807, 2.05) is 0 Å². The summed E-state index contributed by atoms with van der Waals surface area (Å²) in [5.41, 5.74) is 0.980. The van der Waals surface area contributed by atoms with Gasteiger partial charge < -0.3 is 25.0 Å². The van der Waals surface area contributed by atoms with E-state index < -0.39 is 5.97 Å². The normalized spacial score (nSPS) is 16.9. The van der Waals surface area contributed by atoms with Crippen LogP contribution in [0.15, 0.2) is 24.3 Å². The van der Waals surface area contributed by atoms with E-state index in [-0.39, 0.29) is 24.6 Å². The molecule has 1 aromatic carbocycles. The van der Waals surface area contributed by atoms with Gasteiger partial charge in [0.05, 0.1) is 13.2 Å². The fourth-order valence-corrected chi connectivity index (χ4v) is 2.55. The minimum Gasteiger partial charge on any atom is -0.468 e. The third kappa shape index (κ3) is 5.46. The van der Waals surface area contributed by atoms with Gasteiger partial charge in [-0.15, -0.1) is 0 Å². The van der Waals surface area contributed by atoms with Crippen LogP contribution in [0.25, 0.3) is 0 Å². The van der Waals surface area contributed by atoms with Crippen LogP contribution >= 0.6 is 0 Å². The molecule has 1 fully saturated rings. The summed E-state index contributed by atoms with van der Waals surface area (Å²) in [5.74, 6) is -0.907. The molecule has 8 heteroatoms. The van der Waals surface area contributed by atoms with Crippen molar-refractivity contribution in [3.8, 4) is 0 Å². The van der Waals surface area contributed by atoms with E-state index in [0.29, 0.717) is 24.3 Å². The second kappa shape index (κ2) is 9.03. The highest BCUT2D eigenvalue weighted by Crippen LogP contribution is 2.15. The van der Waals surface area contributed by atoms with Crippen molar-refractivity contribution in [1.29, 1.82) is 0 Å². The molecule has 25 heavy (non-hydrogen) atoms. The molecular formula is C17H23N3O5. The van der Waals surface area contributed by atoms with E-state index in [9.17, 15) is 14.4 Å². The van der Waals surface area contributed by atoms with Crippen LogP contribution in [0.1, 0.15) is 23.2 Å². The maximum Gasteiger partial charge on any atom is 0.325 e. The molecule has 2 N–H and O–H groups in total. The number of piperidine rings is 1. The van der Waals surface area contributed by atoms with Crippen LogP contribution in [0, 0.1) is 0 Å². The monoisotopic (exact) mass is 349 g/mol. The zero-order valence-electron chi connectivity index (χ0n) is 14.4. The zero-order valence-corrected chi connectivity index (χ0v) is 14.4. The molecule has 2 rings (SSSR count). The van der Waals surface area contributed by atoms with Crippen molar-refractivity contribution in [2.24, 2.45) is 0 Å². The Morgan fingerprint density at radius 2 is 1.92 bits per heavy atom. The summed E-state index contributed by atoms with van der Waals surface area (Å²) in [5, 5.41) is 5.26. The summed E-state index contributed by atoms with van der Waals surface area (Å²) in [6.07, 6.45) is 1.93. The van der Waals surface area contributed by atoms with E-state index in [2.05, 4.69) is 15.4 Å². The van der Waals surface area contributed by atoms with Gasteiger partial charge >= 0.3 is 12.0 Å². The van der Waals surface area contributed by atoms with Crippen LogP contribution in [0.4, 0.5) is 10.5 Å². The van der Waals surface area contributed by atoms with E-state index in [1.54, 1.807) is 36.3 Å². The van der Waals surface area contributed by atoms with Crippen molar-refractivity contribution in [3.05, 3.63) is 29.8 Å². The van der Waals surface area contributed by atoms with Gasteiger partial charge in [0.25, 0.3) is 5.91 Å². The third-order valence-electron chi connectivity index (χ3n) is 4.02. The molecule has 0 spiro atoms. The number of hydrogen-bond acceptors (Lipinski definition) is 5. The maximum atomic E-state index is 12.3. The van der Waals surface area contributed by atoms with Crippen LogP contribution in [0.5, 0.6) is 0 Å². The van der Waals surface area contributed by atoms with E-state index in [0.717, 1.165) is 12.8 Å². The van der Waals surface area contributed by atoms with E-state index in [1.165, 1.54) is 7.11 Å². The van der Waals surface area contributed by atoms with E-state index >= 15 is 0 Å². The molecule has 1 saturated heterocycles. The number of hydrogen-bond donors (Lipinski definition) is 2. The topological polar surface area (TPSA) is 97.0 Å². The molecule has 136 valence electrons. The zero-order chi connectivity index (χ0) is 18.2. The lowest BCUT2D eigenvalue weighted by Gasteiger charge is -2.31. The summed E-state index contributed by atoms with van der Waals surface area (Å²) in [6.45, 7) is 1.07. The van der Waals surface area contributed by atoms with Gasteiger partial charge in [0.15, 0.2) is 0 Å². The highest BCUT2D eigenvalue weighted by atomic mass is 16.5. The van der Waals surface area contributed by atoms with Crippen LogP contribution in [0.2, 0.25) is 0 Å². The number of rotatable bonds is 5. The van der Waals surface area contributed by atoms with Gasteiger partial charge in [0.1, 0.15) is 6.54 Å². The fourth-order valence-electron chi connectivity index (χ4n) is 2.55. The predicted octanol–water partition coefficient (Wildman–Crippen LogP) is 1.23. The Kier molecular flexibility index (Phi) is 6.76. The van der Waals surface area contributed by atoms with Crippen molar-refractivity contribution in [1.82, 2.24) is 10.2 Å². The largest absolute Gasteiger partial charge is 0.468 e. The SMILES string of the molecule is COC(=O)CNC(=O)c1ccc(NC(=O)N2CCCC(OC)C2)cc1. The van der Waals surface area contributed by atoms with Crippen molar-refractivity contribution >= 4 is 23.6 Å². The highest BCUT2D eigenvalue weighted by molar-refractivity contribution is 5.97. The average molecular weight is 349 g/mol. The summed E-state index contributed by atoms with van der Waals surface area (Å²) in [6, 6.07) is 6.25. The third-order valence-corrected chi connectivity index (χ3v) is 4.02. The van der Waals surface area contributed by atoms with Gasteiger partial charge in [-0.25, -0.2) is 4.79 Å². The van der Waals surface area contributed by atoms with Gasteiger partial charge in [-0.3, -0.25) is 9.59 Å². The van der Waals surface area contributed by atoms with Crippen LogP contribution in [-0.2, 0) is 14.3 Å². The minimum absolute atomic E-state index is 0.0698. The van der Waals surface area contributed by atoms with Gasteiger partial charge in [-0.1, -0.05) is 0 Å². The number of anilines is 1. The van der Waals surface area contributed by atoms with Gasteiger partial charge in [-0.2, -0.15) is 0 Å². The lowest BCUT2D eigenvalue weighted by atomic mass is 10.1. The summed E-state index contributed by atoms with van der Waals surface area (Å²) < 4.78 is 9.77. The summed E-state index contributed by atoms with van der Waals surface area (Å²) >= 11 is 0. The number of nitrogens with one attached hydrogen (secondary N) is 2. The molecule has 0 saturated carbocycles. The molecule has 8 nitrogen and oxygen atoms in total. The highest BCUT2D eigenvalue weighted by Gasteiger charge is 2.23. The number of carbonyl (C=O) groups excluding carboxylic acids is 3. The lowest BCUT2D eigenvalue weighted by molar-refractivity contribution is -0.139. The first kappa shape index (κ1) is 18.7. The first-order chi connectivity index (χ1) is 12.0. The Hall–Kier alpha value is -2.61. The average Bonchev–Trinajstić information content (AvgIpc) is 2.66. The van der Waals surface area contributed by atoms with Crippen molar-refractivity contribution in [2.45, 2.75) is 18.9 Å². The number of likely N-dealkylation sites (tertiary alicyclic amines) is 1. The molecule has 1 atom stereocenters. The second-order valence-electron chi connectivity index (χ2n) is 5.71. The Morgan fingerprint density at radius 3 is 2.56 bits per heavy atom. The number of carbonyl (C=O) groups is 3. The summed E-state index contributed by atoms with van der Waals surface area (Å²) in [4.78, 5) is 36.9. The molecule has 1 aliphatic rings.